The van der Waals surface area contributed by atoms with Gasteiger partial charge in [-0.2, -0.15) is 0 Å². The summed E-state index contributed by atoms with van der Waals surface area (Å²) in [5.74, 6) is -0.375. The van der Waals surface area contributed by atoms with Crippen molar-refractivity contribution in [1.82, 2.24) is 4.47 Å². The highest BCUT2D eigenvalue weighted by molar-refractivity contribution is 7.89. The lowest BCUT2D eigenvalue weighted by atomic mass is 10.2. The third-order valence-electron chi connectivity index (χ3n) is 3.12. The summed E-state index contributed by atoms with van der Waals surface area (Å²) in [5.41, 5.74) is 0.791. The average Bonchev–Trinajstić information content (AvgIpc) is 2.54. The molecule has 1 amide bonds. The van der Waals surface area contributed by atoms with E-state index in [1.54, 1.807) is 24.3 Å². The van der Waals surface area contributed by atoms with Crippen molar-refractivity contribution in [3.05, 3.63) is 59.1 Å². The van der Waals surface area contributed by atoms with Crippen molar-refractivity contribution in [3.8, 4) is 0 Å². The van der Waals surface area contributed by atoms with Crippen LogP contribution in [0.3, 0.4) is 0 Å². The van der Waals surface area contributed by atoms with E-state index in [1.165, 1.54) is 38.4 Å². The first-order valence-electron chi connectivity index (χ1n) is 6.55. The molecule has 0 aromatic heterocycles. The fourth-order valence-electron chi connectivity index (χ4n) is 1.80. The van der Waals surface area contributed by atoms with Gasteiger partial charge in [0.1, 0.15) is 0 Å². The minimum atomic E-state index is -3.72. The van der Waals surface area contributed by atoms with Gasteiger partial charge < -0.3 is 5.32 Å². The Labute approximate surface area is 139 Å². The third-order valence-corrected chi connectivity index (χ3v) is 5.15. The highest BCUT2D eigenvalue weighted by Gasteiger charge is 2.20. The van der Waals surface area contributed by atoms with Gasteiger partial charge in [-0.1, -0.05) is 28.2 Å². The number of nitrogens with one attached hydrogen (secondary N) is 1. The van der Waals surface area contributed by atoms with E-state index in [0.717, 1.165) is 4.47 Å². The van der Waals surface area contributed by atoms with Crippen LogP contribution in [-0.2, 0) is 14.9 Å². The molecule has 0 saturated heterocycles. The summed E-state index contributed by atoms with van der Waals surface area (Å²) in [6.07, 6.45) is 0. The molecule has 0 fully saturated rings. The van der Waals surface area contributed by atoms with Gasteiger partial charge in [0.2, 0.25) is 0 Å². The van der Waals surface area contributed by atoms with E-state index < -0.39 is 10.0 Å². The lowest BCUT2D eigenvalue weighted by Crippen LogP contribution is -2.25. The molecule has 23 heavy (non-hydrogen) atoms. The maximum absolute atomic E-state index is 12.1. The van der Waals surface area contributed by atoms with Gasteiger partial charge in [-0.05, 0) is 36.4 Å². The van der Waals surface area contributed by atoms with E-state index in [1.807, 2.05) is 0 Å². The van der Waals surface area contributed by atoms with Gasteiger partial charge in [0.15, 0.2) is 0 Å². The average molecular weight is 355 g/mol. The predicted octanol–water partition coefficient (Wildman–Crippen LogP) is 2.77. The Hall–Kier alpha value is -1.93. The summed E-state index contributed by atoms with van der Waals surface area (Å²) in [4.78, 5) is 16.9. The van der Waals surface area contributed by atoms with Crippen molar-refractivity contribution < 1.29 is 18.0 Å². The Balaban J connectivity index is 2.18. The van der Waals surface area contributed by atoms with Crippen LogP contribution in [0.2, 0.25) is 5.02 Å². The molecule has 0 aliphatic carbocycles. The number of carbonyl (C=O) groups is 1. The second-order valence-electron chi connectivity index (χ2n) is 4.56. The molecule has 2 aromatic carbocycles. The summed E-state index contributed by atoms with van der Waals surface area (Å²) in [6, 6.07) is 12.4. The number of sulfonamides is 1. The van der Waals surface area contributed by atoms with Crippen LogP contribution < -0.4 is 5.32 Å². The molecule has 0 saturated carbocycles. The van der Waals surface area contributed by atoms with Crippen LogP contribution in [0.1, 0.15) is 10.4 Å². The highest BCUT2D eigenvalue weighted by atomic mass is 35.5. The van der Waals surface area contributed by atoms with Crippen molar-refractivity contribution >= 4 is 33.2 Å². The molecule has 0 aliphatic rings. The SMILES string of the molecule is CON(C)S(=O)(=O)c1ccc(NC(=O)c2ccccc2Cl)cc1. The van der Waals surface area contributed by atoms with E-state index in [9.17, 15) is 13.2 Å². The van der Waals surface area contributed by atoms with Crippen LogP contribution in [0.15, 0.2) is 53.4 Å². The molecule has 0 spiro atoms. The number of hydrogen-bond acceptors (Lipinski definition) is 4. The number of hydroxylamine groups is 1. The van der Waals surface area contributed by atoms with Gasteiger partial charge >= 0.3 is 0 Å². The summed E-state index contributed by atoms with van der Waals surface area (Å²) in [7, 11) is -1.16. The molecule has 0 radical (unpaired) electrons. The normalized spacial score (nSPS) is 11.5. The molecule has 6 nitrogen and oxygen atoms in total. The first kappa shape index (κ1) is 17.4. The molecular weight excluding hydrogens is 340 g/mol. The fourth-order valence-corrected chi connectivity index (χ4v) is 3.00. The summed E-state index contributed by atoms with van der Waals surface area (Å²) >= 11 is 5.96. The zero-order chi connectivity index (χ0) is 17.0. The number of amides is 1. The Bertz CT molecular complexity index is 806. The Kier molecular flexibility index (Phi) is 5.38. The van der Waals surface area contributed by atoms with Gasteiger partial charge in [-0.25, -0.2) is 8.42 Å². The molecule has 8 heteroatoms. The van der Waals surface area contributed by atoms with Crippen LogP contribution in [-0.4, -0.2) is 33.0 Å². The van der Waals surface area contributed by atoms with Crippen molar-refractivity contribution in [2.24, 2.45) is 0 Å². The first-order chi connectivity index (χ1) is 10.9. The first-order valence-corrected chi connectivity index (χ1v) is 8.37. The Morgan fingerprint density at radius 1 is 1.13 bits per heavy atom. The number of halogens is 1. The maximum atomic E-state index is 12.1. The van der Waals surface area contributed by atoms with E-state index in [0.29, 0.717) is 16.3 Å². The molecule has 0 unspecified atom stereocenters. The Morgan fingerprint density at radius 3 is 2.30 bits per heavy atom. The molecule has 122 valence electrons. The van der Waals surface area contributed by atoms with E-state index in [-0.39, 0.29) is 10.8 Å². The highest BCUT2D eigenvalue weighted by Crippen LogP contribution is 2.20. The molecule has 0 atom stereocenters. The van der Waals surface area contributed by atoms with E-state index in [2.05, 4.69) is 5.32 Å². The van der Waals surface area contributed by atoms with Gasteiger partial charge in [-0.3, -0.25) is 9.63 Å². The molecule has 0 bridgehead atoms. The van der Waals surface area contributed by atoms with Crippen LogP contribution in [0.25, 0.3) is 0 Å². The molecule has 1 N–H and O–H groups in total. The van der Waals surface area contributed by atoms with Crippen LogP contribution in [0.4, 0.5) is 5.69 Å². The van der Waals surface area contributed by atoms with E-state index in [4.69, 9.17) is 16.4 Å². The quantitative estimate of drug-likeness (QED) is 0.838. The maximum Gasteiger partial charge on any atom is 0.264 e. The zero-order valence-corrected chi connectivity index (χ0v) is 14.1. The number of rotatable bonds is 5. The number of carbonyl (C=O) groups excluding carboxylic acids is 1. The molecule has 0 heterocycles. The van der Waals surface area contributed by atoms with Crippen molar-refractivity contribution in [1.29, 1.82) is 0 Å². The molecule has 2 aromatic rings. The predicted molar refractivity (Wildman–Crippen MR) is 87.8 cm³/mol. The van der Waals surface area contributed by atoms with Gasteiger partial charge in [0, 0.05) is 12.7 Å². The molecule has 2 rings (SSSR count). The summed E-state index contributed by atoms with van der Waals surface area (Å²) < 4.78 is 24.9. The fraction of sp³-hybridized carbons (Fsp3) is 0.133. The summed E-state index contributed by atoms with van der Waals surface area (Å²) in [5, 5.41) is 3.00. The lowest BCUT2D eigenvalue weighted by molar-refractivity contribution is -0.0258. The molecular formula is C15H15ClN2O4S. The second kappa shape index (κ2) is 7.10. The number of benzene rings is 2. The second-order valence-corrected chi connectivity index (χ2v) is 6.90. The minimum absolute atomic E-state index is 0.0533. The number of nitrogens with zero attached hydrogens (tertiary/aromatic N) is 1. The Morgan fingerprint density at radius 2 is 1.74 bits per heavy atom. The third kappa shape index (κ3) is 3.89. The van der Waals surface area contributed by atoms with E-state index >= 15 is 0 Å². The number of anilines is 1. The van der Waals surface area contributed by atoms with Gasteiger partial charge in [-0.15, -0.1) is 0 Å². The van der Waals surface area contributed by atoms with Crippen molar-refractivity contribution in [2.45, 2.75) is 4.90 Å². The largest absolute Gasteiger partial charge is 0.322 e. The van der Waals surface area contributed by atoms with Gasteiger partial charge in [0.25, 0.3) is 15.9 Å². The van der Waals surface area contributed by atoms with Crippen LogP contribution >= 0.6 is 11.6 Å². The van der Waals surface area contributed by atoms with Crippen molar-refractivity contribution in [2.75, 3.05) is 19.5 Å². The smallest absolute Gasteiger partial charge is 0.264 e. The minimum Gasteiger partial charge on any atom is -0.322 e. The topological polar surface area (TPSA) is 75.7 Å². The lowest BCUT2D eigenvalue weighted by Gasteiger charge is -2.14. The molecule has 0 aliphatic heterocycles. The zero-order valence-electron chi connectivity index (χ0n) is 12.5. The summed E-state index contributed by atoms with van der Waals surface area (Å²) in [6.45, 7) is 0. The monoisotopic (exact) mass is 354 g/mol. The van der Waals surface area contributed by atoms with Crippen LogP contribution in [0, 0.1) is 0 Å². The van der Waals surface area contributed by atoms with Crippen molar-refractivity contribution in [3.63, 3.8) is 0 Å². The standard InChI is InChI=1S/C15H15ClN2O4S/c1-18(22-2)23(20,21)12-9-7-11(8-10-12)17-15(19)13-5-3-4-6-14(13)16/h3-10H,1-2H3,(H,17,19). The number of hydrogen-bond donors (Lipinski definition) is 1. The van der Waals surface area contributed by atoms with Crippen LogP contribution in [0.5, 0.6) is 0 Å². The van der Waals surface area contributed by atoms with Gasteiger partial charge in [0.05, 0.1) is 22.6 Å².